The third-order valence-electron chi connectivity index (χ3n) is 15.1. The largest absolute Gasteiger partial charge is 0.466 e. The molecule has 0 aliphatic heterocycles. The molecule has 0 spiro atoms. The number of ether oxygens (including phenoxy) is 1. The van der Waals surface area contributed by atoms with Gasteiger partial charge in [0.1, 0.15) is 0 Å². The molecule has 0 rings (SSSR count). The van der Waals surface area contributed by atoms with Crippen molar-refractivity contribution in [2.75, 3.05) is 13.2 Å². The number of unbranched alkanes of at least 4 members (excludes halogenated alkanes) is 44. The van der Waals surface area contributed by atoms with Crippen molar-refractivity contribution in [3.63, 3.8) is 0 Å². The van der Waals surface area contributed by atoms with Crippen molar-refractivity contribution in [1.29, 1.82) is 0 Å². The highest BCUT2D eigenvalue weighted by Crippen LogP contribution is 2.17. The predicted octanol–water partition coefficient (Wildman–Crippen LogP) is 20.9. The molecular weight excluding hydrogens is 911 g/mol. The maximum Gasteiger partial charge on any atom is 0.305 e. The fourth-order valence-electron chi connectivity index (χ4n) is 10.0. The minimum atomic E-state index is -0.852. The molecule has 0 aliphatic rings. The Morgan fingerprint density at radius 2 is 0.676 bits per heavy atom. The fraction of sp³-hybridized carbons (Fsp3) is 0.853. The van der Waals surface area contributed by atoms with Crippen LogP contribution in [0.1, 0.15) is 348 Å². The van der Waals surface area contributed by atoms with E-state index in [0.29, 0.717) is 19.4 Å². The van der Waals surface area contributed by atoms with Gasteiger partial charge in [0.05, 0.1) is 25.4 Å². The zero-order valence-electron chi connectivity index (χ0n) is 49.6. The zero-order valence-corrected chi connectivity index (χ0v) is 49.6. The summed E-state index contributed by atoms with van der Waals surface area (Å²) in [4.78, 5) is 24.6. The van der Waals surface area contributed by atoms with Gasteiger partial charge in [-0.1, -0.05) is 294 Å². The lowest BCUT2D eigenvalue weighted by Gasteiger charge is -2.20. The van der Waals surface area contributed by atoms with Crippen LogP contribution in [0.3, 0.4) is 0 Å². The fourth-order valence-corrected chi connectivity index (χ4v) is 10.0. The molecule has 0 heterocycles. The maximum atomic E-state index is 12.5. The van der Waals surface area contributed by atoms with Crippen LogP contribution in [0.4, 0.5) is 0 Å². The van der Waals surface area contributed by atoms with Crippen molar-refractivity contribution >= 4 is 11.9 Å². The second-order valence-corrected chi connectivity index (χ2v) is 22.4. The van der Waals surface area contributed by atoms with Crippen LogP contribution in [0.15, 0.2) is 48.6 Å². The number of nitrogens with one attached hydrogen (secondary N) is 1. The summed E-state index contributed by atoms with van der Waals surface area (Å²) in [5.41, 5.74) is 0. The lowest BCUT2D eigenvalue weighted by Crippen LogP contribution is -2.45. The van der Waals surface area contributed by atoms with Gasteiger partial charge in [0.2, 0.25) is 5.91 Å². The summed E-state index contributed by atoms with van der Waals surface area (Å²) >= 11 is 0. The first-order valence-corrected chi connectivity index (χ1v) is 32.9. The van der Waals surface area contributed by atoms with E-state index < -0.39 is 12.1 Å². The van der Waals surface area contributed by atoms with E-state index in [-0.39, 0.29) is 18.5 Å². The molecule has 74 heavy (non-hydrogen) atoms. The summed E-state index contributed by atoms with van der Waals surface area (Å²) in [5.74, 6) is -0.0762. The summed E-state index contributed by atoms with van der Waals surface area (Å²) in [6.07, 6.45) is 81.5. The van der Waals surface area contributed by atoms with Gasteiger partial charge in [-0.05, 0) is 89.9 Å². The minimum absolute atomic E-state index is 0.000489. The van der Waals surface area contributed by atoms with Crippen LogP contribution in [-0.4, -0.2) is 47.4 Å². The van der Waals surface area contributed by atoms with Gasteiger partial charge in [-0.25, -0.2) is 0 Å². The Hall–Kier alpha value is -2.18. The first-order valence-electron chi connectivity index (χ1n) is 32.9. The molecule has 0 saturated carbocycles. The zero-order chi connectivity index (χ0) is 53.6. The SMILES string of the molecule is CCCCC/C=C\C/C=C\CCCCCCCCCCCC(=O)OCCCCCCCCCC/C=C\CCCCCCCCCC(=O)NC(CO)C(O)/C=C/CCCCCCCCCCCCCCCCCCC. The first kappa shape index (κ1) is 71.8. The number of hydrogen-bond donors (Lipinski definition) is 3. The van der Waals surface area contributed by atoms with Crippen molar-refractivity contribution < 1.29 is 24.5 Å². The first-order chi connectivity index (χ1) is 36.5. The van der Waals surface area contributed by atoms with E-state index in [4.69, 9.17) is 4.74 Å². The summed E-state index contributed by atoms with van der Waals surface area (Å²) in [6, 6.07) is -0.637. The highest BCUT2D eigenvalue weighted by atomic mass is 16.5. The van der Waals surface area contributed by atoms with E-state index in [2.05, 4.69) is 55.6 Å². The Labute approximate surface area is 461 Å². The van der Waals surface area contributed by atoms with Gasteiger partial charge in [-0.15, -0.1) is 0 Å². The number of esters is 1. The van der Waals surface area contributed by atoms with Crippen LogP contribution >= 0.6 is 0 Å². The van der Waals surface area contributed by atoms with Gasteiger partial charge >= 0.3 is 5.97 Å². The van der Waals surface area contributed by atoms with E-state index in [1.54, 1.807) is 6.08 Å². The average molecular weight is 1040 g/mol. The number of aliphatic hydroxyl groups is 2. The smallest absolute Gasteiger partial charge is 0.305 e. The van der Waals surface area contributed by atoms with E-state index in [1.807, 2.05) is 6.08 Å². The summed E-state index contributed by atoms with van der Waals surface area (Å²) < 4.78 is 5.49. The van der Waals surface area contributed by atoms with Crippen LogP contribution in [0, 0.1) is 0 Å². The van der Waals surface area contributed by atoms with Gasteiger partial charge in [-0.2, -0.15) is 0 Å². The number of carbonyl (C=O) groups excluding carboxylic acids is 2. The second kappa shape index (κ2) is 63.4. The number of aliphatic hydroxyl groups excluding tert-OH is 2. The lowest BCUT2D eigenvalue weighted by atomic mass is 10.0. The monoisotopic (exact) mass is 1040 g/mol. The number of carbonyl (C=O) groups is 2. The van der Waals surface area contributed by atoms with Crippen molar-refractivity contribution in [3.05, 3.63) is 48.6 Å². The highest BCUT2D eigenvalue weighted by molar-refractivity contribution is 5.76. The maximum absolute atomic E-state index is 12.5. The molecule has 2 atom stereocenters. The van der Waals surface area contributed by atoms with E-state index in [0.717, 1.165) is 57.8 Å². The van der Waals surface area contributed by atoms with Gasteiger partial charge in [0.25, 0.3) is 0 Å². The Kier molecular flexibility index (Phi) is 61.5. The molecule has 6 nitrogen and oxygen atoms in total. The molecule has 1 amide bonds. The van der Waals surface area contributed by atoms with Crippen molar-refractivity contribution in [2.24, 2.45) is 0 Å². The molecule has 0 aromatic carbocycles. The summed E-state index contributed by atoms with van der Waals surface area (Å²) in [7, 11) is 0. The van der Waals surface area contributed by atoms with Crippen LogP contribution in [0.2, 0.25) is 0 Å². The highest BCUT2D eigenvalue weighted by Gasteiger charge is 2.18. The van der Waals surface area contributed by atoms with Crippen LogP contribution < -0.4 is 5.32 Å². The molecule has 0 aliphatic carbocycles. The molecule has 0 fully saturated rings. The van der Waals surface area contributed by atoms with Gasteiger partial charge in [0, 0.05) is 12.8 Å². The molecule has 0 aromatic rings. The van der Waals surface area contributed by atoms with Crippen molar-refractivity contribution in [1.82, 2.24) is 5.32 Å². The number of allylic oxidation sites excluding steroid dienone is 7. The molecule has 0 radical (unpaired) electrons. The summed E-state index contributed by atoms with van der Waals surface area (Å²) in [6.45, 7) is 4.88. The van der Waals surface area contributed by atoms with Gasteiger partial charge < -0.3 is 20.3 Å². The van der Waals surface area contributed by atoms with E-state index in [9.17, 15) is 19.8 Å². The topological polar surface area (TPSA) is 95.9 Å². The van der Waals surface area contributed by atoms with E-state index >= 15 is 0 Å². The molecule has 3 N–H and O–H groups in total. The molecular formula is C68H127NO5. The van der Waals surface area contributed by atoms with Crippen LogP contribution in [0.5, 0.6) is 0 Å². The number of rotatable bonds is 61. The third kappa shape index (κ3) is 59.1. The number of hydrogen-bond acceptors (Lipinski definition) is 5. The molecule has 434 valence electrons. The molecule has 2 unspecified atom stereocenters. The molecule has 0 saturated heterocycles. The summed E-state index contributed by atoms with van der Waals surface area (Å²) in [5, 5.41) is 23.2. The lowest BCUT2D eigenvalue weighted by molar-refractivity contribution is -0.143. The van der Waals surface area contributed by atoms with Gasteiger partial charge in [0.15, 0.2) is 0 Å². The molecule has 6 heteroatoms. The predicted molar refractivity (Wildman–Crippen MR) is 324 cm³/mol. The minimum Gasteiger partial charge on any atom is -0.466 e. The quantitative estimate of drug-likeness (QED) is 0.0320. The molecule has 0 aromatic heterocycles. The Balaban J connectivity index is 3.46. The molecule has 0 bridgehead atoms. The average Bonchev–Trinajstić information content (AvgIpc) is 3.40. The second-order valence-electron chi connectivity index (χ2n) is 22.4. The standard InChI is InChI=1S/C68H127NO5/c1-3-5-7-9-11-13-15-17-19-21-24-28-32-36-40-44-48-52-56-60-66(71)65(64-70)69-67(72)61-57-53-49-45-41-37-33-29-26-23-27-31-35-39-43-47-51-55-59-63-74-68(73)62-58-54-50-46-42-38-34-30-25-22-20-18-16-14-12-10-8-6-4-2/h12,14,18,20,23,26,56,60,65-66,70-71H,3-11,13,15-17,19,21-22,24-25,27-55,57-59,61-64H2,1-2H3,(H,69,72)/b14-12-,20-18-,26-23-,60-56+. The Morgan fingerprint density at radius 1 is 0.378 bits per heavy atom. The van der Waals surface area contributed by atoms with E-state index in [1.165, 1.54) is 263 Å². The van der Waals surface area contributed by atoms with Gasteiger partial charge in [-0.3, -0.25) is 9.59 Å². The van der Waals surface area contributed by atoms with Crippen LogP contribution in [0.25, 0.3) is 0 Å². The van der Waals surface area contributed by atoms with Crippen molar-refractivity contribution in [2.45, 2.75) is 360 Å². The third-order valence-corrected chi connectivity index (χ3v) is 15.1. The van der Waals surface area contributed by atoms with Crippen molar-refractivity contribution in [3.8, 4) is 0 Å². The number of amides is 1. The Bertz CT molecular complexity index is 1240. The van der Waals surface area contributed by atoms with Crippen LogP contribution in [-0.2, 0) is 14.3 Å². The normalized spacial score (nSPS) is 12.9. The Morgan fingerprint density at radius 3 is 1.07 bits per heavy atom.